The largest absolute Gasteiger partial charge is 0.332 e. The first-order chi connectivity index (χ1) is 7.78. The maximum absolute atomic E-state index is 11.9. The van der Waals surface area contributed by atoms with Gasteiger partial charge in [0, 0.05) is 25.7 Å². The number of piperazine rings is 1. The molecule has 0 spiro atoms. The van der Waals surface area contributed by atoms with Crippen molar-refractivity contribution in [3.8, 4) is 0 Å². The van der Waals surface area contributed by atoms with E-state index in [4.69, 9.17) is 0 Å². The Morgan fingerprint density at radius 1 is 1.24 bits per heavy atom. The molecular weight excluding hydrogens is 236 g/mol. The molecule has 0 aromatic heterocycles. The Hall–Kier alpha value is -0.710. The Balaban J connectivity index is 2.69. The Bertz CT molecular complexity index is 316. The molecule has 4 nitrogen and oxygen atoms in total. The van der Waals surface area contributed by atoms with E-state index in [-0.39, 0.29) is 23.3 Å². The molecule has 5 heteroatoms. The first-order valence-electron chi connectivity index (χ1n) is 5.99. The fourth-order valence-corrected chi connectivity index (χ4v) is 2.00. The predicted molar refractivity (Wildman–Crippen MR) is 71.1 cm³/mol. The van der Waals surface area contributed by atoms with Gasteiger partial charge in [-0.3, -0.25) is 9.59 Å². The van der Waals surface area contributed by atoms with Crippen molar-refractivity contribution in [3.05, 3.63) is 0 Å². The van der Waals surface area contributed by atoms with Gasteiger partial charge < -0.3 is 9.80 Å². The lowest BCUT2D eigenvalue weighted by atomic mass is 9.95. The number of carbonyl (C=O) groups is 2. The number of thiol groups is 1. The lowest BCUT2D eigenvalue weighted by Crippen LogP contribution is -2.57. The highest BCUT2D eigenvalue weighted by atomic mass is 32.1. The van der Waals surface area contributed by atoms with Crippen LogP contribution < -0.4 is 0 Å². The molecule has 1 fully saturated rings. The van der Waals surface area contributed by atoms with Gasteiger partial charge in [0.25, 0.3) is 0 Å². The normalized spacial score (nSPS) is 18.2. The van der Waals surface area contributed by atoms with Gasteiger partial charge in [0.1, 0.15) is 0 Å². The Morgan fingerprint density at radius 2 is 1.82 bits per heavy atom. The fraction of sp³-hybridized carbons (Fsp3) is 0.833. The van der Waals surface area contributed by atoms with Crippen molar-refractivity contribution in [2.24, 2.45) is 5.41 Å². The van der Waals surface area contributed by atoms with Gasteiger partial charge in [-0.25, -0.2) is 0 Å². The fourth-order valence-electron chi connectivity index (χ4n) is 1.90. The molecule has 0 N–H and O–H groups in total. The highest BCUT2D eigenvalue weighted by molar-refractivity contribution is 7.80. The summed E-state index contributed by atoms with van der Waals surface area (Å²) in [4.78, 5) is 27.1. The quantitative estimate of drug-likeness (QED) is 0.604. The summed E-state index contributed by atoms with van der Waals surface area (Å²) in [6.45, 7) is 9.80. The Labute approximate surface area is 109 Å². The maximum atomic E-state index is 11.9. The molecule has 0 atom stereocenters. The van der Waals surface area contributed by atoms with Gasteiger partial charge in [-0.05, 0) is 25.0 Å². The minimum atomic E-state index is -0.375. The third-order valence-electron chi connectivity index (χ3n) is 3.01. The summed E-state index contributed by atoms with van der Waals surface area (Å²) < 4.78 is 0. The van der Waals surface area contributed by atoms with Crippen LogP contribution in [0.25, 0.3) is 0 Å². The summed E-state index contributed by atoms with van der Waals surface area (Å²) in [5.74, 6) is -0.0557. The van der Waals surface area contributed by atoms with Crippen molar-refractivity contribution >= 4 is 24.4 Å². The molecule has 17 heavy (non-hydrogen) atoms. The molecule has 0 bridgehead atoms. The summed E-state index contributed by atoms with van der Waals surface area (Å²) in [5.41, 5.74) is -0.0565. The van der Waals surface area contributed by atoms with E-state index < -0.39 is 0 Å². The van der Waals surface area contributed by atoms with Gasteiger partial charge in [-0.2, -0.15) is 12.6 Å². The highest BCUT2D eigenvalue weighted by Gasteiger charge is 2.35. The third-order valence-corrected chi connectivity index (χ3v) is 3.87. The standard InChI is InChI=1S/C12H22N2O2S/c1-9(2)14-6-5-13(10(15)11(14)16)7-12(3,4)8-17/h9,17H,5-8H2,1-4H3. The van der Waals surface area contributed by atoms with E-state index >= 15 is 0 Å². The molecule has 0 aromatic carbocycles. The van der Waals surface area contributed by atoms with E-state index in [1.807, 2.05) is 27.7 Å². The summed E-state index contributed by atoms with van der Waals surface area (Å²) in [5, 5.41) is 0. The van der Waals surface area contributed by atoms with Crippen LogP contribution in [0.4, 0.5) is 0 Å². The first-order valence-corrected chi connectivity index (χ1v) is 6.62. The molecule has 0 aliphatic carbocycles. The highest BCUT2D eigenvalue weighted by Crippen LogP contribution is 2.20. The van der Waals surface area contributed by atoms with Crippen molar-refractivity contribution in [3.63, 3.8) is 0 Å². The molecule has 0 aromatic rings. The number of rotatable bonds is 4. The molecule has 1 heterocycles. The van der Waals surface area contributed by atoms with Crippen molar-refractivity contribution in [1.82, 2.24) is 9.80 Å². The van der Waals surface area contributed by atoms with Crippen LogP contribution in [0.3, 0.4) is 0 Å². The number of hydrogen-bond acceptors (Lipinski definition) is 3. The number of nitrogens with zero attached hydrogens (tertiary/aromatic N) is 2. The monoisotopic (exact) mass is 258 g/mol. The second-order valence-corrected chi connectivity index (χ2v) is 5.96. The lowest BCUT2D eigenvalue weighted by molar-refractivity contribution is -0.158. The molecule has 98 valence electrons. The maximum Gasteiger partial charge on any atom is 0.312 e. The summed E-state index contributed by atoms with van der Waals surface area (Å²) in [6.07, 6.45) is 0. The molecule has 1 aliphatic rings. The molecule has 2 amide bonds. The van der Waals surface area contributed by atoms with Gasteiger partial charge in [-0.1, -0.05) is 13.8 Å². The van der Waals surface area contributed by atoms with Crippen LogP contribution in [-0.2, 0) is 9.59 Å². The van der Waals surface area contributed by atoms with Crippen LogP contribution >= 0.6 is 12.6 Å². The lowest BCUT2D eigenvalue weighted by Gasteiger charge is -2.39. The second kappa shape index (κ2) is 5.29. The van der Waals surface area contributed by atoms with Crippen molar-refractivity contribution in [1.29, 1.82) is 0 Å². The molecular formula is C12H22N2O2S. The molecule has 0 radical (unpaired) electrons. The number of amides is 2. The van der Waals surface area contributed by atoms with Crippen LogP contribution in [-0.4, -0.2) is 53.0 Å². The van der Waals surface area contributed by atoms with Crippen molar-refractivity contribution in [2.45, 2.75) is 33.7 Å². The first kappa shape index (κ1) is 14.4. The zero-order valence-corrected chi connectivity index (χ0v) is 12.0. The van der Waals surface area contributed by atoms with Crippen LogP contribution in [0.2, 0.25) is 0 Å². The van der Waals surface area contributed by atoms with E-state index in [0.717, 1.165) is 0 Å². The van der Waals surface area contributed by atoms with E-state index in [9.17, 15) is 9.59 Å². The topological polar surface area (TPSA) is 40.6 Å². The van der Waals surface area contributed by atoms with E-state index in [0.29, 0.717) is 25.4 Å². The van der Waals surface area contributed by atoms with Gasteiger partial charge in [0.2, 0.25) is 0 Å². The minimum Gasteiger partial charge on any atom is -0.332 e. The van der Waals surface area contributed by atoms with Crippen LogP contribution in [0.15, 0.2) is 0 Å². The van der Waals surface area contributed by atoms with Crippen molar-refractivity contribution in [2.75, 3.05) is 25.4 Å². The zero-order chi connectivity index (χ0) is 13.2. The molecule has 0 saturated carbocycles. The molecule has 1 rings (SSSR count). The van der Waals surface area contributed by atoms with E-state index in [1.165, 1.54) is 0 Å². The molecule has 1 saturated heterocycles. The SMILES string of the molecule is CC(C)N1CCN(CC(C)(C)CS)C(=O)C1=O. The van der Waals surface area contributed by atoms with Crippen LogP contribution in [0.1, 0.15) is 27.7 Å². The Morgan fingerprint density at radius 3 is 2.29 bits per heavy atom. The van der Waals surface area contributed by atoms with E-state index in [2.05, 4.69) is 12.6 Å². The van der Waals surface area contributed by atoms with Crippen LogP contribution in [0.5, 0.6) is 0 Å². The second-order valence-electron chi connectivity index (χ2n) is 5.64. The molecule has 0 unspecified atom stereocenters. The van der Waals surface area contributed by atoms with E-state index in [1.54, 1.807) is 9.80 Å². The Kier molecular flexibility index (Phi) is 4.47. The predicted octanol–water partition coefficient (Wildman–Crippen LogP) is 1.02. The van der Waals surface area contributed by atoms with Gasteiger partial charge in [-0.15, -0.1) is 0 Å². The third kappa shape index (κ3) is 3.37. The summed E-state index contributed by atoms with van der Waals surface area (Å²) in [6, 6.07) is 0.0893. The van der Waals surface area contributed by atoms with Crippen LogP contribution in [0, 0.1) is 5.41 Å². The van der Waals surface area contributed by atoms with Gasteiger partial charge >= 0.3 is 11.8 Å². The van der Waals surface area contributed by atoms with Crippen molar-refractivity contribution < 1.29 is 9.59 Å². The van der Waals surface area contributed by atoms with Gasteiger partial charge in [0.15, 0.2) is 0 Å². The smallest absolute Gasteiger partial charge is 0.312 e. The average Bonchev–Trinajstić information content (AvgIpc) is 2.24. The van der Waals surface area contributed by atoms with Gasteiger partial charge in [0.05, 0.1) is 0 Å². The zero-order valence-electron chi connectivity index (χ0n) is 11.1. The molecule has 1 aliphatic heterocycles. The number of hydrogen-bond donors (Lipinski definition) is 1. The average molecular weight is 258 g/mol. The summed E-state index contributed by atoms with van der Waals surface area (Å²) >= 11 is 4.27. The minimum absolute atomic E-state index is 0.0565. The summed E-state index contributed by atoms with van der Waals surface area (Å²) in [7, 11) is 0. The number of carbonyl (C=O) groups excluding carboxylic acids is 2.